The van der Waals surface area contributed by atoms with Crippen LogP contribution in [0, 0.1) is 0 Å². The molecule has 1 amide bonds. The van der Waals surface area contributed by atoms with Crippen molar-refractivity contribution >= 4 is 17.2 Å². The lowest BCUT2D eigenvalue weighted by Crippen LogP contribution is -2.46. The molecule has 0 spiro atoms. The Balaban J connectivity index is 1.86. The Bertz CT molecular complexity index is 450. The number of thiazole rings is 1. The number of piperidine rings is 1. The number of amides is 1. The van der Waals surface area contributed by atoms with Crippen LogP contribution in [0.4, 0.5) is 0 Å². The number of nitrogens with one attached hydrogen (secondary N) is 1. The number of hydrogen-bond acceptors (Lipinski definition) is 4. The van der Waals surface area contributed by atoms with Crippen molar-refractivity contribution in [3.63, 3.8) is 0 Å². The van der Waals surface area contributed by atoms with Crippen LogP contribution in [0.5, 0.6) is 0 Å². The van der Waals surface area contributed by atoms with Crippen LogP contribution < -0.4 is 5.32 Å². The van der Waals surface area contributed by atoms with Crippen molar-refractivity contribution in [2.75, 3.05) is 13.6 Å². The van der Waals surface area contributed by atoms with Crippen molar-refractivity contribution in [3.05, 3.63) is 16.1 Å². The second-order valence-corrected chi connectivity index (χ2v) is 7.21. The van der Waals surface area contributed by atoms with Crippen LogP contribution in [0.1, 0.15) is 44.3 Å². The predicted molar refractivity (Wildman–Crippen MR) is 78.3 cm³/mol. The van der Waals surface area contributed by atoms with Crippen molar-refractivity contribution in [1.82, 2.24) is 15.2 Å². The highest BCUT2D eigenvalue weighted by Crippen LogP contribution is 2.24. The van der Waals surface area contributed by atoms with E-state index >= 15 is 0 Å². The number of nitrogens with zero attached hydrogens (tertiary/aromatic N) is 2. The van der Waals surface area contributed by atoms with Gasteiger partial charge >= 0.3 is 0 Å². The standard InChI is InChI=1S/C14H23N3OS/c1-14(2,3)11-9-19-12(16-11)7-15-10-5-6-13(18)17(4)8-10/h9-10,15H,5-8H2,1-4H3. The van der Waals surface area contributed by atoms with Gasteiger partial charge in [0.25, 0.3) is 0 Å². The third kappa shape index (κ3) is 3.76. The number of likely N-dealkylation sites (tertiary alicyclic amines) is 1. The molecule has 1 aromatic heterocycles. The molecule has 1 atom stereocenters. The van der Waals surface area contributed by atoms with Gasteiger partial charge in [-0.15, -0.1) is 11.3 Å². The molecule has 0 aliphatic carbocycles. The van der Waals surface area contributed by atoms with E-state index in [9.17, 15) is 4.79 Å². The molecule has 5 heteroatoms. The number of carbonyl (C=O) groups excluding carboxylic acids is 1. The number of rotatable bonds is 3. The molecule has 19 heavy (non-hydrogen) atoms. The molecule has 0 saturated carbocycles. The minimum Gasteiger partial charge on any atom is -0.344 e. The monoisotopic (exact) mass is 281 g/mol. The highest BCUT2D eigenvalue weighted by Gasteiger charge is 2.23. The van der Waals surface area contributed by atoms with Gasteiger partial charge in [0, 0.05) is 43.4 Å². The normalized spacial score (nSPS) is 20.9. The van der Waals surface area contributed by atoms with Gasteiger partial charge in [-0.3, -0.25) is 4.79 Å². The van der Waals surface area contributed by atoms with Gasteiger partial charge < -0.3 is 10.2 Å². The Morgan fingerprint density at radius 1 is 1.53 bits per heavy atom. The van der Waals surface area contributed by atoms with Gasteiger partial charge in [0.05, 0.1) is 5.69 Å². The summed E-state index contributed by atoms with van der Waals surface area (Å²) in [7, 11) is 1.87. The molecule has 1 aliphatic heterocycles. The molecule has 2 rings (SSSR count). The molecular formula is C14H23N3OS. The zero-order valence-corrected chi connectivity index (χ0v) is 13.0. The summed E-state index contributed by atoms with van der Waals surface area (Å²) in [5.41, 5.74) is 1.27. The fourth-order valence-electron chi connectivity index (χ4n) is 2.15. The first-order valence-electron chi connectivity index (χ1n) is 6.78. The Labute approximate surface area is 119 Å². The van der Waals surface area contributed by atoms with Gasteiger partial charge in [-0.25, -0.2) is 4.98 Å². The summed E-state index contributed by atoms with van der Waals surface area (Å²) < 4.78 is 0. The Kier molecular flexibility index (Phi) is 4.26. The van der Waals surface area contributed by atoms with Crippen molar-refractivity contribution < 1.29 is 4.79 Å². The highest BCUT2D eigenvalue weighted by molar-refractivity contribution is 7.09. The summed E-state index contributed by atoms with van der Waals surface area (Å²) in [6.07, 6.45) is 1.58. The minimum absolute atomic E-state index is 0.117. The first-order valence-corrected chi connectivity index (χ1v) is 7.66. The topological polar surface area (TPSA) is 45.2 Å². The molecule has 1 saturated heterocycles. The molecule has 0 radical (unpaired) electrons. The first-order chi connectivity index (χ1) is 8.86. The van der Waals surface area contributed by atoms with Gasteiger partial charge in [-0.2, -0.15) is 0 Å². The summed E-state index contributed by atoms with van der Waals surface area (Å²) in [5, 5.41) is 6.78. The van der Waals surface area contributed by atoms with Crippen LogP contribution in [0.3, 0.4) is 0 Å². The molecule has 106 valence electrons. The maximum Gasteiger partial charge on any atom is 0.222 e. The van der Waals surface area contributed by atoms with Crippen molar-refractivity contribution in [1.29, 1.82) is 0 Å². The summed E-state index contributed by atoms with van der Waals surface area (Å²) in [5.74, 6) is 0.252. The van der Waals surface area contributed by atoms with Gasteiger partial charge in [0.15, 0.2) is 0 Å². The van der Waals surface area contributed by atoms with Crippen LogP contribution in [0.25, 0.3) is 0 Å². The molecule has 0 aromatic carbocycles. The summed E-state index contributed by atoms with van der Waals surface area (Å²) in [6.45, 7) is 8.15. The molecule has 1 aromatic rings. The van der Waals surface area contributed by atoms with E-state index in [2.05, 4.69) is 36.5 Å². The summed E-state index contributed by atoms with van der Waals surface area (Å²) in [6, 6.07) is 0.393. The third-order valence-corrected chi connectivity index (χ3v) is 4.34. The van der Waals surface area contributed by atoms with Crippen molar-refractivity contribution in [3.8, 4) is 0 Å². The van der Waals surface area contributed by atoms with E-state index in [4.69, 9.17) is 0 Å². The number of carbonyl (C=O) groups is 1. The fraction of sp³-hybridized carbons (Fsp3) is 0.714. The van der Waals surface area contributed by atoms with Crippen molar-refractivity contribution in [2.45, 2.75) is 51.6 Å². The SMILES string of the molecule is CN1CC(NCc2nc(C(C)(C)C)cs2)CCC1=O. The number of aromatic nitrogens is 1. The average Bonchev–Trinajstić information content (AvgIpc) is 2.79. The van der Waals surface area contributed by atoms with E-state index in [-0.39, 0.29) is 11.3 Å². The maximum atomic E-state index is 11.4. The van der Waals surface area contributed by atoms with Crippen LogP contribution >= 0.6 is 11.3 Å². The van der Waals surface area contributed by atoms with E-state index in [0.717, 1.165) is 30.2 Å². The molecule has 0 bridgehead atoms. The lowest BCUT2D eigenvalue weighted by atomic mass is 9.93. The quantitative estimate of drug-likeness (QED) is 0.923. The lowest BCUT2D eigenvalue weighted by molar-refractivity contribution is -0.132. The third-order valence-electron chi connectivity index (χ3n) is 3.49. The molecule has 4 nitrogen and oxygen atoms in total. The Morgan fingerprint density at radius 2 is 2.26 bits per heavy atom. The van der Waals surface area contributed by atoms with E-state index < -0.39 is 0 Å². The second kappa shape index (κ2) is 5.59. The second-order valence-electron chi connectivity index (χ2n) is 6.27. The zero-order chi connectivity index (χ0) is 14.0. The zero-order valence-electron chi connectivity index (χ0n) is 12.2. The Hall–Kier alpha value is -0.940. The summed E-state index contributed by atoms with van der Waals surface area (Å²) in [4.78, 5) is 17.9. The molecular weight excluding hydrogens is 258 g/mol. The summed E-state index contributed by atoms with van der Waals surface area (Å²) >= 11 is 1.71. The number of likely N-dealkylation sites (N-methyl/N-ethyl adjacent to an activating group) is 1. The molecule has 2 heterocycles. The average molecular weight is 281 g/mol. The van der Waals surface area contributed by atoms with E-state index in [1.165, 1.54) is 0 Å². The highest BCUT2D eigenvalue weighted by atomic mass is 32.1. The smallest absolute Gasteiger partial charge is 0.222 e. The van der Waals surface area contributed by atoms with Crippen molar-refractivity contribution in [2.24, 2.45) is 0 Å². The van der Waals surface area contributed by atoms with Crippen LogP contribution in [0.2, 0.25) is 0 Å². The fourth-order valence-corrected chi connectivity index (χ4v) is 3.12. The van der Waals surface area contributed by atoms with Gasteiger partial charge in [0.1, 0.15) is 5.01 Å². The molecule has 1 unspecified atom stereocenters. The maximum absolute atomic E-state index is 11.4. The largest absolute Gasteiger partial charge is 0.344 e. The molecule has 1 N–H and O–H groups in total. The number of hydrogen-bond donors (Lipinski definition) is 1. The van der Waals surface area contributed by atoms with E-state index in [1.807, 2.05) is 11.9 Å². The van der Waals surface area contributed by atoms with Gasteiger partial charge in [-0.05, 0) is 6.42 Å². The van der Waals surface area contributed by atoms with Gasteiger partial charge in [0.2, 0.25) is 5.91 Å². The predicted octanol–water partition coefficient (Wildman–Crippen LogP) is 2.15. The lowest BCUT2D eigenvalue weighted by Gasteiger charge is -2.30. The molecule has 1 fully saturated rings. The van der Waals surface area contributed by atoms with E-state index in [0.29, 0.717) is 12.5 Å². The first kappa shape index (κ1) is 14.5. The molecule has 1 aliphatic rings. The van der Waals surface area contributed by atoms with E-state index in [1.54, 1.807) is 11.3 Å². The Morgan fingerprint density at radius 3 is 2.84 bits per heavy atom. The van der Waals surface area contributed by atoms with Crippen LogP contribution in [-0.2, 0) is 16.8 Å². The van der Waals surface area contributed by atoms with Crippen LogP contribution in [0.15, 0.2) is 5.38 Å². The van der Waals surface area contributed by atoms with Gasteiger partial charge in [-0.1, -0.05) is 20.8 Å². The van der Waals surface area contributed by atoms with Crippen LogP contribution in [-0.4, -0.2) is 35.4 Å². The minimum atomic E-state index is 0.117.